The molecule has 2 aromatic rings. The van der Waals surface area contributed by atoms with Crippen LogP contribution in [0, 0.1) is 10.5 Å². The molecule has 1 saturated heterocycles. The van der Waals surface area contributed by atoms with Gasteiger partial charge in [0, 0.05) is 22.1 Å². The Bertz CT molecular complexity index is 789. The number of aromatic nitrogens is 2. The molecule has 8 heteroatoms. The fourth-order valence-electron chi connectivity index (χ4n) is 2.63. The highest BCUT2D eigenvalue weighted by atomic mass is 127. The van der Waals surface area contributed by atoms with Crippen LogP contribution in [0.1, 0.15) is 35.7 Å². The average molecular weight is 439 g/mol. The van der Waals surface area contributed by atoms with Gasteiger partial charge in [0.1, 0.15) is 5.82 Å². The van der Waals surface area contributed by atoms with Crippen LogP contribution in [0.15, 0.2) is 30.3 Å². The van der Waals surface area contributed by atoms with E-state index in [4.69, 9.17) is 0 Å². The molecule has 1 fully saturated rings. The number of carbonyl (C=O) groups excluding carboxylic acids is 2. The normalized spacial score (nSPS) is 20.5. The Kier molecular flexibility index (Phi) is 4.86. The Morgan fingerprint density at radius 1 is 1.42 bits per heavy atom. The second-order valence-electron chi connectivity index (χ2n) is 5.79. The molecule has 0 aliphatic carbocycles. The summed E-state index contributed by atoms with van der Waals surface area (Å²) in [6.07, 6.45) is -0.0687. The third-order valence-corrected chi connectivity index (χ3v) is 4.63. The molecule has 0 saturated carbocycles. The molecule has 24 heavy (non-hydrogen) atoms. The smallest absolute Gasteiger partial charge is 0.257 e. The number of nitrogens with zero attached hydrogens (tertiary/aromatic N) is 2. The zero-order chi connectivity index (χ0) is 17.3. The Hall–Kier alpha value is -1.94. The summed E-state index contributed by atoms with van der Waals surface area (Å²) in [7, 11) is 0. The zero-order valence-corrected chi connectivity index (χ0v) is 15.5. The maximum atomic E-state index is 12.5. The third kappa shape index (κ3) is 3.59. The van der Waals surface area contributed by atoms with Gasteiger partial charge in [-0.1, -0.05) is 12.1 Å². The molecular weight excluding hydrogens is 421 g/mol. The molecule has 1 aliphatic heterocycles. The number of benzene rings is 1. The van der Waals surface area contributed by atoms with Gasteiger partial charge in [0.25, 0.3) is 5.91 Å². The predicted octanol–water partition coefficient (Wildman–Crippen LogP) is 2.00. The number of aryl methyl sites for hydroxylation is 1. The van der Waals surface area contributed by atoms with E-state index in [-0.39, 0.29) is 17.9 Å². The maximum Gasteiger partial charge on any atom is 0.257 e. The van der Waals surface area contributed by atoms with E-state index in [0.29, 0.717) is 17.8 Å². The topological polar surface area (TPSA) is 88.0 Å². The van der Waals surface area contributed by atoms with E-state index in [9.17, 15) is 9.59 Å². The SMILES string of the molecule is Cc1cc(NC(=O)c2ccccc2I)n(C2NC(=O)CC(C)N2)n1. The number of hydrogen-bond acceptors (Lipinski definition) is 4. The Labute approximate surface area is 153 Å². The van der Waals surface area contributed by atoms with E-state index in [0.717, 1.165) is 9.26 Å². The zero-order valence-electron chi connectivity index (χ0n) is 13.3. The highest BCUT2D eigenvalue weighted by Gasteiger charge is 2.26. The second-order valence-corrected chi connectivity index (χ2v) is 6.95. The molecule has 0 radical (unpaired) electrons. The molecule has 1 aromatic heterocycles. The number of anilines is 1. The van der Waals surface area contributed by atoms with Gasteiger partial charge in [-0.05, 0) is 48.6 Å². The van der Waals surface area contributed by atoms with Gasteiger partial charge in [-0.15, -0.1) is 0 Å². The lowest BCUT2D eigenvalue weighted by Crippen LogP contribution is -2.52. The summed E-state index contributed by atoms with van der Waals surface area (Å²) < 4.78 is 2.46. The largest absolute Gasteiger partial charge is 0.322 e. The van der Waals surface area contributed by atoms with E-state index < -0.39 is 6.29 Å². The van der Waals surface area contributed by atoms with Crippen molar-refractivity contribution in [3.8, 4) is 0 Å². The minimum Gasteiger partial charge on any atom is -0.322 e. The predicted molar refractivity (Wildman–Crippen MR) is 98.5 cm³/mol. The van der Waals surface area contributed by atoms with Crippen LogP contribution < -0.4 is 16.0 Å². The first-order chi connectivity index (χ1) is 11.4. The first-order valence-electron chi connectivity index (χ1n) is 7.61. The van der Waals surface area contributed by atoms with Gasteiger partial charge in [-0.3, -0.25) is 14.9 Å². The van der Waals surface area contributed by atoms with Crippen LogP contribution in [-0.4, -0.2) is 27.6 Å². The van der Waals surface area contributed by atoms with Crippen molar-refractivity contribution >= 4 is 40.2 Å². The molecular formula is C16H18IN5O2. The first-order valence-corrected chi connectivity index (χ1v) is 8.69. The summed E-state index contributed by atoms with van der Waals surface area (Å²) in [5.41, 5.74) is 1.35. The van der Waals surface area contributed by atoms with Crippen LogP contribution in [-0.2, 0) is 4.79 Å². The monoisotopic (exact) mass is 439 g/mol. The molecule has 2 amide bonds. The Morgan fingerprint density at radius 2 is 2.17 bits per heavy atom. The van der Waals surface area contributed by atoms with Crippen molar-refractivity contribution in [1.29, 1.82) is 0 Å². The molecule has 1 aromatic carbocycles. The number of rotatable bonds is 3. The Balaban J connectivity index is 1.86. The van der Waals surface area contributed by atoms with Crippen LogP contribution in [0.5, 0.6) is 0 Å². The molecule has 1 aliphatic rings. The summed E-state index contributed by atoms with van der Waals surface area (Å²) >= 11 is 2.13. The van der Waals surface area contributed by atoms with Crippen LogP contribution in [0.3, 0.4) is 0 Å². The summed E-state index contributed by atoms with van der Waals surface area (Å²) in [5, 5.41) is 13.4. The molecule has 7 nitrogen and oxygen atoms in total. The number of carbonyl (C=O) groups is 2. The minimum atomic E-state index is -0.486. The lowest BCUT2D eigenvalue weighted by atomic mass is 10.2. The fourth-order valence-corrected chi connectivity index (χ4v) is 3.26. The van der Waals surface area contributed by atoms with Gasteiger partial charge in [0.05, 0.1) is 11.3 Å². The van der Waals surface area contributed by atoms with Gasteiger partial charge in [-0.25, -0.2) is 4.68 Å². The van der Waals surface area contributed by atoms with E-state index in [1.54, 1.807) is 16.8 Å². The highest BCUT2D eigenvalue weighted by molar-refractivity contribution is 14.1. The molecule has 126 valence electrons. The van der Waals surface area contributed by atoms with Gasteiger partial charge in [-0.2, -0.15) is 5.10 Å². The second kappa shape index (κ2) is 6.89. The summed E-state index contributed by atoms with van der Waals surface area (Å²) in [6, 6.07) is 9.17. The first kappa shape index (κ1) is 16.9. The standard InChI is InChI=1S/C16H18IN5O2/c1-9-8-14(23)20-16(18-9)22-13(7-10(2)21-22)19-15(24)11-5-3-4-6-12(11)17/h3-7,9,16,18H,8H2,1-2H3,(H,19,24)(H,20,23). The summed E-state index contributed by atoms with van der Waals surface area (Å²) in [5.74, 6) is 0.273. The van der Waals surface area contributed by atoms with Gasteiger partial charge in [0.2, 0.25) is 5.91 Å². The number of nitrogens with one attached hydrogen (secondary N) is 3. The summed E-state index contributed by atoms with van der Waals surface area (Å²) in [6.45, 7) is 3.78. The van der Waals surface area contributed by atoms with Gasteiger partial charge < -0.3 is 10.6 Å². The van der Waals surface area contributed by atoms with E-state index in [1.807, 2.05) is 32.0 Å². The average Bonchev–Trinajstić information content (AvgIpc) is 2.87. The highest BCUT2D eigenvalue weighted by Crippen LogP contribution is 2.19. The van der Waals surface area contributed by atoms with E-state index >= 15 is 0 Å². The summed E-state index contributed by atoms with van der Waals surface area (Å²) in [4.78, 5) is 24.3. The minimum absolute atomic E-state index is 0.0341. The quantitative estimate of drug-likeness (QED) is 0.639. The molecule has 2 heterocycles. The van der Waals surface area contributed by atoms with Crippen molar-refractivity contribution in [2.24, 2.45) is 0 Å². The van der Waals surface area contributed by atoms with E-state index in [1.165, 1.54) is 0 Å². The van der Waals surface area contributed by atoms with Crippen molar-refractivity contribution in [3.63, 3.8) is 0 Å². The van der Waals surface area contributed by atoms with Crippen molar-refractivity contribution in [3.05, 3.63) is 45.2 Å². The van der Waals surface area contributed by atoms with Crippen molar-refractivity contribution in [2.45, 2.75) is 32.6 Å². The Morgan fingerprint density at radius 3 is 2.88 bits per heavy atom. The number of hydrogen-bond donors (Lipinski definition) is 3. The van der Waals surface area contributed by atoms with Crippen LogP contribution in [0.25, 0.3) is 0 Å². The maximum absolute atomic E-state index is 12.5. The molecule has 0 bridgehead atoms. The van der Waals surface area contributed by atoms with Crippen LogP contribution in [0.4, 0.5) is 5.82 Å². The number of halogens is 1. The van der Waals surface area contributed by atoms with Gasteiger partial charge in [0.15, 0.2) is 6.29 Å². The molecule has 2 unspecified atom stereocenters. The van der Waals surface area contributed by atoms with E-state index in [2.05, 4.69) is 43.6 Å². The van der Waals surface area contributed by atoms with Crippen molar-refractivity contribution < 1.29 is 9.59 Å². The van der Waals surface area contributed by atoms with Crippen molar-refractivity contribution in [2.75, 3.05) is 5.32 Å². The third-order valence-electron chi connectivity index (χ3n) is 3.69. The number of amides is 2. The molecule has 2 atom stereocenters. The van der Waals surface area contributed by atoms with Crippen LogP contribution >= 0.6 is 22.6 Å². The fraction of sp³-hybridized carbons (Fsp3) is 0.312. The van der Waals surface area contributed by atoms with Gasteiger partial charge >= 0.3 is 0 Å². The molecule has 3 N–H and O–H groups in total. The molecule has 3 rings (SSSR count). The molecule has 0 spiro atoms. The van der Waals surface area contributed by atoms with Crippen LogP contribution in [0.2, 0.25) is 0 Å². The van der Waals surface area contributed by atoms with Crippen molar-refractivity contribution in [1.82, 2.24) is 20.4 Å². The lowest BCUT2D eigenvalue weighted by molar-refractivity contribution is -0.125. The lowest BCUT2D eigenvalue weighted by Gasteiger charge is -2.30.